The quantitative estimate of drug-likeness (QED) is 0.797. The molecule has 1 aromatic heterocycles. The van der Waals surface area contributed by atoms with E-state index in [2.05, 4.69) is 10.1 Å². The van der Waals surface area contributed by atoms with Crippen molar-refractivity contribution in [3.05, 3.63) is 71.6 Å². The van der Waals surface area contributed by atoms with E-state index in [0.29, 0.717) is 0 Å². The molecule has 3 rings (SSSR count). The summed E-state index contributed by atoms with van der Waals surface area (Å²) in [6, 6.07) is 13.2. The lowest BCUT2D eigenvalue weighted by atomic mass is 10.1. The number of hydrogen-bond donors (Lipinski definition) is 1. The molecule has 0 aliphatic heterocycles. The van der Waals surface area contributed by atoms with Crippen LogP contribution in [0.15, 0.2) is 59.1 Å². The molecule has 0 saturated carbocycles. The Morgan fingerprint density at radius 2 is 1.74 bits per heavy atom. The molecule has 0 aliphatic carbocycles. The van der Waals surface area contributed by atoms with Crippen molar-refractivity contribution < 1.29 is 17.7 Å². The van der Waals surface area contributed by atoms with E-state index in [1.807, 2.05) is 18.2 Å². The van der Waals surface area contributed by atoms with Crippen LogP contribution in [0.25, 0.3) is 11.4 Å². The number of aromatic nitrogens is 2. The zero-order valence-electron chi connectivity index (χ0n) is 11.8. The van der Waals surface area contributed by atoms with Gasteiger partial charge in [-0.25, -0.2) is 0 Å². The molecule has 3 aromatic rings. The molecule has 2 N–H and O–H groups in total. The van der Waals surface area contributed by atoms with E-state index in [1.165, 1.54) is 12.1 Å². The predicted molar refractivity (Wildman–Crippen MR) is 77.2 cm³/mol. The van der Waals surface area contributed by atoms with Crippen LogP contribution in [0.3, 0.4) is 0 Å². The zero-order valence-corrected chi connectivity index (χ0v) is 11.8. The summed E-state index contributed by atoms with van der Waals surface area (Å²) in [7, 11) is 0. The Bertz CT molecular complexity index is 800. The number of hydrogen-bond acceptors (Lipinski definition) is 4. The van der Waals surface area contributed by atoms with Crippen molar-refractivity contribution in [1.29, 1.82) is 0 Å². The van der Waals surface area contributed by atoms with E-state index >= 15 is 0 Å². The summed E-state index contributed by atoms with van der Waals surface area (Å²) in [5, 5.41) is 3.72. The van der Waals surface area contributed by atoms with Crippen LogP contribution in [-0.2, 0) is 6.18 Å². The second-order valence-electron chi connectivity index (χ2n) is 4.92. The van der Waals surface area contributed by atoms with Crippen LogP contribution in [0.5, 0.6) is 0 Å². The Hall–Kier alpha value is -2.67. The first kappa shape index (κ1) is 15.2. The van der Waals surface area contributed by atoms with Crippen LogP contribution in [0.4, 0.5) is 13.2 Å². The van der Waals surface area contributed by atoms with Crippen molar-refractivity contribution in [2.45, 2.75) is 12.2 Å². The summed E-state index contributed by atoms with van der Waals surface area (Å²) in [5.74, 6) is 0.209. The molecule has 1 heterocycles. The molecule has 0 spiro atoms. The fourth-order valence-corrected chi connectivity index (χ4v) is 2.12. The van der Waals surface area contributed by atoms with E-state index < -0.39 is 17.8 Å². The molecule has 0 aliphatic rings. The van der Waals surface area contributed by atoms with Crippen LogP contribution >= 0.6 is 0 Å². The van der Waals surface area contributed by atoms with Gasteiger partial charge in [0.05, 0.1) is 5.56 Å². The van der Waals surface area contributed by atoms with E-state index in [4.69, 9.17) is 10.3 Å². The fourth-order valence-electron chi connectivity index (χ4n) is 2.12. The van der Waals surface area contributed by atoms with Gasteiger partial charge in [0.1, 0.15) is 6.04 Å². The average Bonchev–Trinajstić information content (AvgIpc) is 3.04. The highest BCUT2D eigenvalue weighted by atomic mass is 19.4. The van der Waals surface area contributed by atoms with Gasteiger partial charge in [0.15, 0.2) is 0 Å². The third kappa shape index (κ3) is 3.24. The lowest BCUT2D eigenvalue weighted by Gasteiger charge is -2.07. The second-order valence-corrected chi connectivity index (χ2v) is 4.92. The van der Waals surface area contributed by atoms with Gasteiger partial charge in [0, 0.05) is 5.56 Å². The molecule has 0 amide bonds. The van der Waals surface area contributed by atoms with Gasteiger partial charge < -0.3 is 10.3 Å². The molecular weight excluding hydrogens is 307 g/mol. The Labute approximate surface area is 129 Å². The highest BCUT2D eigenvalue weighted by Crippen LogP contribution is 2.31. The molecule has 0 saturated heterocycles. The van der Waals surface area contributed by atoms with Crippen LogP contribution in [0, 0.1) is 0 Å². The molecule has 23 heavy (non-hydrogen) atoms. The molecule has 0 fully saturated rings. The van der Waals surface area contributed by atoms with Crippen molar-refractivity contribution in [2.24, 2.45) is 5.73 Å². The van der Waals surface area contributed by atoms with Crippen molar-refractivity contribution >= 4 is 0 Å². The van der Waals surface area contributed by atoms with Gasteiger partial charge in [-0.1, -0.05) is 47.6 Å². The third-order valence-corrected chi connectivity index (χ3v) is 3.31. The van der Waals surface area contributed by atoms with Gasteiger partial charge in [-0.2, -0.15) is 18.2 Å². The van der Waals surface area contributed by atoms with Crippen molar-refractivity contribution in [3.8, 4) is 11.4 Å². The van der Waals surface area contributed by atoms with Crippen LogP contribution in [-0.4, -0.2) is 10.1 Å². The average molecular weight is 319 g/mol. The normalized spacial score (nSPS) is 13.0. The Morgan fingerprint density at radius 3 is 2.43 bits per heavy atom. The first-order chi connectivity index (χ1) is 10.9. The van der Waals surface area contributed by atoms with Crippen molar-refractivity contribution in [1.82, 2.24) is 10.1 Å². The monoisotopic (exact) mass is 319 g/mol. The molecule has 2 aromatic carbocycles. The summed E-state index contributed by atoms with van der Waals surface area (Å²) in [5.41, 5.74) is 6.25. The first-order valence-electron chi connectivity index (χ1n) is 6.77. The molecule has 7 heteroatoms. The number of rotatable bonds is 3. The molecule has 4 nitrogen and oxygen atoms in total. The predicted octanol–water partition coefficient (Wildman–Crippen LogP) is 3.80. The molecule has 1 unspecified atom stereocenters. The molecule has 0 bridgehead atoms. The summed E-state index contributed by atoms with van der Waals surface area (Å²) in [6.45, 7) is 0. The molecular formula is C16H12F3N3O. The van der Waals surface area contributed by atoms with E-state index in [0.717, 1.165) is 17.7 Å². The molecule has 1 atom stereocenters. The zero-order chi connectivity index (χ0) is 16.4. The van der Waals surface area contributed by atoms with Gasteiger partial charge in [0.25, 0.3) is 0 Å². The summed E-state index contributed by atoms with van der Waals surface area (Å²) in [4.78, 5) is 4.11. The maximum Gasteiger partial charge on any atom is 0.416 e. The molecule has 118 valence electrons. The topological polar surface area (TPSA) is 64.9 Å². The summed E-state index contributed by atoms with van der Waals surface area (Å²) in [6.07, 6.45) is -4.43. The Kier molecular flexibility index (Phi) is 3.87. The minimum Gasteiger partial charge on any atom is -0.337 e. The third-order valence-electron chi connectivity index (χ3n) is 3.31. The lowest BCUT2D eigenvalue weighted by molar-refractivity contribution is -0.137. The van der Waals surface area contributed by atoms with Crippen LogP contribution in [0.2, 0.25) is 0 Å². The smallest absolute Gasteiger partial charge is 0.337 e. The van der Waals surface area contributed by atoms with Gasteiger partial charge in [-0.15, -0.1) is 0 Å². The first-order valence-corrected chi connectivity index (χ1v) is 6.77. The summed E-state index contributed by atoms with van der Waals surface area (Å²) < 4.78 is 43.4. The minimum atomic E-state index is -4.43. The highest BCUT2D eigenvalue weighted by molar-refractivity contribution is 5.56. The number of alkyl halides is 3. The number of halogens is 3. The van der Waals surface area contributed by atoms with Crippen LogP contribution in [0.1, 0.15) is 23.1 Å². The molecule has 0 radical (unpaired) electrons. The van der Waals surface area contributed by atoms with Crippen molar-refractivity contribution in [2.75, 3.05) is 0 Å². The summed E-state index contributed by atoms with van der Waals surface area (Å²) >= 11 is 0. The Morgan fingerprint density at radius 1 is 1.00 bits per heavy atom. The Balaban J connectivity index is 1.91. The van der Waals surface area contributed by atoms with E-state index in [-0.39, 0.29) is 17.3 Å². The largest absolute Gasteiger partial charge is 0.416 e. The standard InChI is InChI=1S/C16H12F3N3O/c17-16(18,19)12-8-4-7-11(9-12)14-21-15(23-22-14)13(20)10-5-2-1-3-6-10/h1-9,13H,20H2. The van der Waals surface area contributed by atoms with E-state index in [9.17, 15) is 13.2 Å². The SMILES string of the molecule is NC(c1ccccc1)c1nc(-c2cccc(C(F)(F)F)c2)no1. The maximum absolute atomic E-state index is 12.8. The second kappa shape index (κ2) is 5.85. The highest BCUT2D eigenvalue weighted by Gasteiger charge is 2.31. The van der Waals surface area contributed by atoms with Crippen molar-refractivity contribution in [3.63, 3.8) is 0 Å². The van der Waals surface area contributed by atoms with Crippen LogP contribution < -0.4 is 5.73 Å². The van der Waals surface area contributed by atoms with Gasteiger partial charge in [-0.3, -0.25) is 0 Å². The number of nitrogens with two attached hydrogens (primary N) is 1. The number of nitrogens with zero attached hydrogens (tertiary/aromatic N) is 2. The lowest BCUT2D eigenvalue weighted by Crippen LogP contribution is -2.12. The maximum atomic E-state index is 12.8. The van der Waals surface area contributed by atoms with E-state index in [1.54, 1.807) is 12.1 Å². The van der Waals surface area contributed by atoms with Gasteiger partial charge in [-0.05, 0) is 17.7 Å². The minimum absolute atomic E-state index is 0.0671. The fraction of sp³-hybridized carbons (Fsp3) is 0.125. The van der Waals surface area contributed by atoms with Gasteiger partial charge in [0.2, 0.25) is 11.7 Å². The van der Waals surface area contributed by atoms with Gasteiger partial charge >= 0.3 is 6.18 Å². The number of benzene rings is 2.